The molecule has 0 nitrogen and oxygen atoms in total. The third-order valence-electron chi connectivity index (χ3n) is 8.14. The van der Waals surface area contributed by atoms with Crippen LogP contribution in [0.15, 0.2) is 91.5 Å². The fraction of sp³-hybridized carbons (Fsp3) is 0.290. The van der Waals surface area contributed by atoms with Crippen molar-refractivity contribution >= 4 is 6.08 Å². The molecule has 0 bridgehead atoms. The van der Waals surface area contributed by atoms with Crippen LogP contribution in [-0.4, -0.2) is 0 Å². The summed E-state index contributed by atoms with van der Waals surface area (Å²) in [5.74, 6) is 0.842. The molecule has 0 amide bonds. The van der Waals surface area contributed by atoms with E-state index < -0.39 is 0 Å². The average molecular weight is 405 g/mol. The molecule has 0 saturated carbocycles. The third-order valence-corrected chi connectivity index (χ3v) is 8.14. The van der Waals surface area contributed by atoms with Crippen LogP contribution in [0.1, 0.15) is 61.8 Å². The summed E-state index contributed by atoms with van der Waals surface area (Å²) in [5, 5.41) is 0. The Labute approximate surface area is 187 Å². The SMILES string of the molecule is C=CCC(CC)C1(C(C)(C)C2c3ccccc3-c3ccccc32)C=Cc2ccccc21. The highest BCUT2D eigenvalue weighted by Gasteiger charge is 2.56. The Kier molecular flexibility index (Phi) is 4.77. The number of allylic oxidation sites excluding steroid dienone is 2. The Morgan fingerprint density at radius 1 is 0.903 bits per heavy atom. The maximum atomic E-state index is 4.13. The molecular formula is C31H32. The van der Waals surface area contributed by atoms with Crippen LogP contribution in [0.3, 0.4) is 0 Å². The van der Waals surface area contributed by atoms with E-state index >= 15 is 0 Å². The van der Waals surface area contributed by atoms with Gasteiger partial charge < -0.3 is 0 Å². The lowest BCUT2D eigenvalue weighted by molar-refractivity contribution is 0.115. The van der Waals surface area contributed by atoms with Crippen molar-refractivity contribution in [2.75, 3.05) is 0 Å². The summed E-state index contributed by atoms with van der Waals surface area (Å²) in [6.07, 6.45) is 9.19. The molecule has 2 atom stereocenters. The summed E-state index contributed by atoms with van der Waals surface area (Å²) in [7, 11) is 0. The number of fused-ring (bicyclic) bond motifs is 4. The molecule has 0 heterocycles. The summed E-state index contributed by atoms with van der Waals surface area (Å²) in [4.78, 5) is 0. The van der Waals surface area contributed by atoms with Gasteiger partial charge in [-0.25, -0.2) is 0 Å². The normalized spacial score (nSPS) is 20.2. The standard InChI is InChI=1S/C31H32/c1-5-13-23(6-2)31(21-20-22-14-7-12-19-28(22)31)30(3,4)29-26-17-10-8-15-24(26)25-16-9-11-18-27(25)29/h5,7-12,14-21,23,29H,1,6,13H2,2-4H3. The molecule has 0 saturated heterocycles. The molecular weight excluding hydrogens is 372 g/mol. The van der Waals surface area contributed by atoms with E-state index in [0.717, 1.165) is 12.8 Å². The molecule has 0 aliphatic heterocycles. The summed E-state index contributed by atoms with van der Waals surface area (Å²) < 4.78 is 0. The van der Waals surface area contributed by atoms with Crippen molar-refractivity contribution in [2.24, 2.45) is 11.3 Å². The van der Waals surface area contributed by atoms with E-state index in [1.54, 1.807) is 0 Å². The average Bonchev–Trinajstić information content (AvgIpc) is 3.35. The van der Waals surface area contributed by atoms with Gasteiger partial charge in [0.25, 0.3) is 0 Å². The molecule has 3 aromatic rings. The van der Waals surface area contributed by atoms with Gasteiger partial charge in [-0.2, -0.15) is 0 Å². The van der Waals surface area contributed by atoms with Crippen LogP contribution in [-0.2, 0) is 5.41 Å². The predicted molar refractivity (Wildman–Crippen MR) is 133 cm³/mol. The molecule has 156 valence electrons. The quantitative estimate of drug-likeness (QED) is 0.362. The molecule has 2 unspecified atom stereocenters. The highest BCUT2D eigenvalue weighted by atomic mass is 14.6. The van der Waals surface area contributed by atoms with E-state index in [1.807, 2.05) is 0 Å². The Morgan fingerprint density at radius 3 is 2.10 bits per heavy atom. The van der Waals surface area contributed by atoms with Gasteiger partial charge in [-0.3, -0.25) is 0 Å². The van der Waals surface area contributed by atoms with E-state index in [1.165, 1.54) is 33.4 Å². The van der Waals surface area contributed by atoms with Crippen LogP contribution in [0.2, 0.25) is 0 Å². The monoisotopic (exact) mass is 404 g/mol. The second-order valence-electron chi connectivity index (χ2n) is 9.75. The number of rotatable bonds is 6. The van der Waals surface area contributed by atoms with Crippen LogP contribution < -0.4 is 0 Å². The van der Waals surface area contributed by atoms with Gasteiger partial charge in [-0.05, 0) is 51.1 Å². The minimum Gasteiger partial charge on any atom is -0.103 e. The van der Waals surface area contributed by atoms with Gasteiger partial charge in [0.1, 0.15) is 0 Å². The van der Waals surface area contributed by atoms with Crippen LogP contribution in [0, 0.1) is 11.3 Å². The van der Waals surface area contributed by atoms with E-state index in [-0.39, 0.29) is 10.8 Å². The Morgan fingerprint density at radius 2 is 1.48 bits per heavy atom. The molecule has 0 radical (unpaired) electrons. The van der Waals surface area contributed by atoms with Crippen molar-refractivity contribution in [3.8, 4) is 11.1 Å². The molecule has 0 aromatic heterocycles. The van der Waals surface area contributed by atoms with Crippen molar-refractivity contribution < 1.29 is 0 Å². The summed E-state index contributed by atoms with van der Waals surface area (Å²) in [5.41, 5.74) is 8.52. The van der Waals surface area contributed by atoms with Crippen molar-refractivity contribution in [2.45, 2.75) is 44.9 Å². The predicted octanol–water partition coefficient (Wildman–Crippen LogP) is 8.39. The molecule has 0 spiro atoms. The van der Waals surface area contributed by atoms with Crippen LogP contribution in [0.5, 0.6) is 0 Å². The van der Waals surface area contributed by atoms with Crippen molar-refractivity contribution in [3.05, 3.63) is 114 Å². The fourth-order valence-corrected chi connectivity index (χ4v) is 6.82. The van der Waals surface area contributed by atoms with Gasteiger partial charge in [0.2, 0.25) is 0 Å². The van der Waals surface area contributed by atoms with Gasteiger partial charge in [0, 0.05) is 11.3 Å². The minimum absolute atomic E-state index is 0.0253. The minimum atomic E-state index is -0.0538. The number of benzene rings is 3. The van der Waals surface area contributed by atoms with Crippen LogP contribution in [0.25, 0.3) is 17.2 Å². The maximum absolute atomic E-state index is 4.13. The van der Waals surface area contributed by atoms with Crippen molar-refractivity contribution in [1.82, 2.24) is 0 Å². The second-order valence-corrected chi connectivity index (χ2v) is 9.75. The number of hydrogen-bond donors (Lipinski definition) is 0. The zero-order chi connectivity index (χ0) is 21.6. The van der Waals surface area contributed by atoms with Gasteiger partial charge in [0.15, 0.2) is 0 Å². The third kappa shape index (κ3) is 2.67. The van der Waals surface area contributed by atoms with Crippen molar-refractivity contribution in [3.63, 3.8) is 0 Å². The molecule has 2 aliphatic rings. The van der Waals surface area contributed by atoms with E-state index in [9.17, 15) is 0 Å². The first-order valence-electron chi connectivity index (χ1n) is 11.6. The Balaban J connectivity index is 1.79. The van der Waals surface area contributed by atoms with Gasteiger partial charge in [-0.15, -0.1) is 6.58 Å². The summed E-state index contributed by atoms with van der Waals surface area (Å²) in [6.45, 7) is 11.5. The Hall–Kier alpha value is -2.86. The fourth-order valence-electron chi connectivity index (χ4n) is 6.82. The van der Waals surface area contributed by atoms with Gasteiger partial charge >= 0.3 is 0 Å². The smallest absolute Gasteiger partial charge is 0.0232 e. The van der Waals surface area contributed by atoms with Gasteiger partial charge in [0.05, 0.1) is 0 Å². The zero-order valence-electron chi connectivity index (χ0n) is 18.9. The molecule has 0 heteroatoms. The largest absolute Gasteiger partial charge is 0.103 e. The first-order chi connectivity index (χ1) is 15.1. The van der Waals surface area contributed by atoms with Crippen molar-refractivity contribution in [1.29, 1.82) is 0 Å². The first-order valence-corrected chi connectivity index (χ1v) is 11.6. The molecule has 3 aromatic carbocycles. The summed E-state index contributed by atoms with van der Waals surface area (Å²) >= 11 is 0. The van der Waals surface area contributed by atoms with Gasteiger partial charge in [-0.1, -0.05) is 118 Å². The topological polar surface area (TPSA) is 0 Å². The van der Waals surface area contributed by atoms with E-state index in [2.05, 4.69) is 118 Å². The lowest BCUT2D eigenvalue weighted by atomic mass is 9.50. The van der Waals surface area contributed by atoms with E-state index in [4.69, 9.17) is 0 Å². The lowest BCUT2D eigenvalue weighted by Gasteiger charge is -2.53. The Bertz CT molecular complexity index is 1120. The number of hydrogen-bond acceptors (Lipinski definition) is 0. The highest BCUT2D eigenvalue weighted by molar-refractivity contribution is 5.80. The molecule has 31 heavy (non-hydrogen) atoms. The summed E-state index contributed by atoms with van der Waals surface area (Å²) in [6, 6.07) is 27.1. The van der Waals surface area contributed by atoms with Crippen LogP contribution >= 0.6 is 0 Å². The zero-order valence-corrected chi connectivity index (χ0v) is 18.9. The maximum Gasteiger partial charge on any atom is 0.0232 e. The lowest BCUT2D eigenvalue weighted by Crippen LogP contribution is -2.48. The molecule has 5 rings (SSSR count). The van der Waals surface area contributed by atoms with E-state index in [0.29, 0.717) is 11.8 Å². The molecule has 2 aliphatic carbocycles. The molecule has 0 N–H and O–H groups in total. The second kappa shape index (κ2) is 7.38. The first kappa shape index (κ1) is 20.1. The van der Waals surface area contributed by atoms with Crippen LogP contribution in [0.4, 0.5) is 0 Å². The highest BCUT2D eigenvalue weighted by Crippen LogP contribution is 2.64. The molecule has 0 fully saturated rings.